The van der Waals surface area contributed by atoms with Crippen molar-refractivity contribution in [2.75, 3.05) is 6.54 Å². The molecule has 3 heteroatoms. The second-order valence-electron chi connectivity index (χ2n) is 5.21. The molecule has 2 unspecified atom stereocenters. The highest BCUT2D eigenvalue weighted by Gasteiger charge is 2.13. The Hall–Kier alpha value is -0.960. The van der Waals surface area contributed by atoms with Gasteiger partial charge in [-0.15, -0.1) is 0 Å². The zero-order valence-electron chi connectivity index (χ0n) is 12.2. The molecule has 108 valence electrons. The Balaban J connectivity index is 2.54. The molecule has 0 saturated carbocycles. The van der Waals surface area contributed by atoms with Crippen LogP contribution in [0.1, 0.15) is 58.1 Å². The largest absolute Gasteiger partial charge is 0.310 e. The predicted octanol–water partition coefficient (Wildman–Crippen LogP) is 4.83. The first-order valence-electron chi connectivity index (χ1n) is 7.26. The molecule has 1 rings (SSSR count). The van der Waals surface area contributed by atoms with Gasteiger partial charge >= 0.3 is 0 Å². The SMILES string of the molecule is CCCCC(CC)CNC(C)c1cc(F)ccc1F. The number of rotatable bonds is 8. The fourth-order valence-electron chi connectivity index (χ4n) is 2.24. The molecule has 1 N–H and O–H groups in total. The van der Waals surface area contributed by atoms with E-state index in [1.807, 2.05) is 6.92 Å². The number of hydrogen-bond donors (Lipinski definition) is 1. The van der Waals surface area contributed by atoms with Gasteiger partial charge in [-0.2, -0.15) is 0 Å². The number of hydrogen-bond acceptors (Lipinski definition) is 1. The number of nitrogens with one attached hydrogen (secondary N) is 1. The minimum absolute atomic E-state index is 0.161. The Morgan fingerprint density at radius 2 is 1.95 bits per heavy atom. The van der Waals surface area contributed by atoms with Gasteiger partial charge in [0.1, 0.15) is 11.6 Å². The molecule has 0 bridgehead atoms. The molecule has 1 aromatic rings. The Morgan fingerprint density at radius 3 is 2.58 bits per heavy atom. The van der Waals surface area contributed by atoms with E-state index in [2.05, 4.69) is 19.2 Å². The van der Waals surface area contributed by atoms with Crippen LogP contribution in [0, 0.1) is 17.6 Å². The van der Waals surface area contributed by atoms with Crippen LogP contribution in [0.3, 0.4) is 0 Å². The van der Waals surface area contributed by atoms with Crippen LogP contribution in [0.2, 0.25) is 0 Å². The van der Waals surface area contributed by atoms with Crippen LogP contribution in [0.25, 0.3) is 0 Å². The predicted molar refractivity (Wildman–Crippen MR) is 76.1 cm³/mol. The second-order valence-corrected chi connectivity index (χ2v) is 5.21. The van der Waals surface area contributed by atoms with Gasteiger partial charge in [-0.05, 0) is 44.0 Å². The third-order valence-electron chi connectivity index (χ3n) is 3.68. The van der Waals surface area contributed by atoms with Crippen molar-refractivity contribution in [3.8, 4) is 0 Å². The molecule has 1 nitrogen and oxygen atoms in total. The fraction of sp³-hybridized carbons (Fsp3) is 0.625. The first-order valence-corrected chi connectivity index (χ1v) is 7.26. The molecule has 0 fully saturated rings. The van der Waals surface area contributed by atoms with Crippen molar-refractivity contribution in [2.24, 2.45) is 5.92 Å². The molecular weight excluding hydrogens is 244 g/mol. The number of halogens is 2. The van der Waals surface area contributed by atoms with Gasteiger partial charge in [-0.1, -0.05) is 33.1 Å². The molecule has 1 aromatic carbocycles. The number of benzene rings is 1. The van der Waals surface area contributed by atoms with Gasteiger partial charge in [0.2, 0.25) is 0 Å². The lowest BCUT2D eigenvalue weighted by Crippen LogP contribution is -2.26. The van der Waals surface area contributed by atoms with Crippen molar-refractivity contribution in [2.45, 2.75) is 52.5 Å². The van der Waals surface area contributed by atoms with Crippen LogP contribution in [0.4, 0.5) is 8.78 Å². The van der Waals surface area contributed by atoms with Gasteiger partial charge in [0.15, 0.2) is 0 Å². The van der Waals surface area contributed by atoms with E-state index >= 15 is 0 Å². The average Bonchev–Trinajstić information content (AvgIpc) is 2.41. The van der Waals surface area contributed by atoms with E-state index in [-0.39, 0.29) is 17.7 Å². The van der Waals surface area contributed by atoms with Crippen molar-refractivity contribution in [3.05, 3.63) is 35.4 Å². The van der Waals surface area contributed by atoms with E-state index in [0.717, 1.165) is 19.0 Å². The summed E-state index contributed by atoms with van der Waals surface area (Å²) in [6, 6.07) is 3.46. The highest BCUT2D eigenvalue weighted by molar-refractivity contribution is 5.21. The third-order valence-corrected chi connectivity index (χ3v) is 3.68. The zero-order chi connectivity index (χ0) is 14.3. The van der Waals surface area contributed by atoms with Gasteiger partial charge < -0.3 is 5.32 Å². The molecule has 0 heterocycles. The fourth-order valence-corrected chi connectivity index (χ4v) is 2.24. The first-order chi connectivity index (χ1) is 9.08. The van der Waals surface area contributed by atoms with E-state index in [0.29, 0.717) is 11.5 Å². The van der Waals surface area contributed by atoms with Crippen LogP contribution in [0.15, 0.2) is 18.2 Å². The summed E-state index contributed by atoms with van der Waals surface area (Å²) in [6.45, 7) is 7.10. The van der Waals surface area contributed by atoms with Gasteiger partial charge in [-0.25, -0.2) is 8.78 Å². The normalized spacial score (nSPS) is 14.4. The van der Waals surface area contributed by atoms with Gasteiger partial charge in [0.25, 0.3) is 0 Å². The summed E-state index contributed by atoms with van der Waals surface area (Å²) in [7, 11) is 0. The average molecular weight is 269 g/mol. The summed E-state index contributed by atoms with van der Waals surface area (Å²) in [5.74, 6) is -0.120. The van der Waals surface area contributed by atoms with Gasteiger partial charge in [0.05, 0.1) is 0 Å². The molecular formula is C16H25F2N. The Kier molecular flexibility index (Phi) is 7.00. The Labute approximate surface area is 115 Å². The maximum Gasteiger partial charge on any atom is 0.128 e. The minimum Gasteiger partial charge on any atom is -0.310 e. The van der Waals surface area contributed by atoms with E-state index < -0.39 is 0 Å². The monoisotopic (exact) mass is 269 g/mol. The lowest BCUT2D eigenvalue weighted by molar-refractivity contribution is 0.394. The van der Waals surface area contributed by atoms with Crippen molar-refractivity contribution >= 4 is 0 Å². The molecule has 0 amide bonds. The maximum absolute atomic E-state index is 13.6. The zero-order valence-corrected chi connectivity index (χ0v) is 12.2. The molecule has 0 aliphatic heterocycles. The first kappa shape index (κ1) is 16.1. The van der Waals surface area contributed by atoms with Crippen LogP contribution >= 0.6 is 0 Å². The summed E-state index contributed by atoms with van der Waals surface area (Å²) < 4.78 is 26.8. The van der Waals surface area contributed by atoms with Gasteiger partial charge in [0, 0.05) is 11.6 Å². The molecule has 0 saturated heterocycles. The lowest BCUT2D eigenvalue weighted by atomic mass is 9.98. The molecule has 2 atom stereocenters. The second kappa shape index (κ2) is 8.26. The van der Waals surface area contributed by atoms with Gasteiger partial charge in [-0.3, -0.25) is 0 Å². The molecule has 19 heavy (non-hydrogen) atoms. The third kappa shape index (κ3) is 5.27. The van der Waals surface area contributed by atoms with Crippen molar-refractivity contribution in [3.63, 3.8) is 0 Å². The molecule has 0 aromatic heterocycles. The van der Waals surface area contributed by atoms with Crippen molar-refractivity contribution in [1.82, 2.24) is 5.32 Å². The topological polar surface area (TPSA) is 12.0 Å². The standard InChI is InChI=1S/C16H25F2N/c1-4-6-7-13(5-2)11-19-12(3)15-10-14(17)8-9-16(15)18/h8-10,12-13,19H,4-7,11H2,1-3H3. The Morgan fingerprint density at radius 1 is 1.21 bits per heavy atom. The van der Waals surface area contributed by atoms with E-state index in [1.54, 1.807) is 0 Å². The highest BCUT2D eigenvalue weighted by Crippen LogP contribution is 2.19. The van der Waals surface area contributed by atoms with Crippen LogP contribution in [-0.2, 0) is 0 Å². The lowest BCUT2D eigenvalue weighted by Gasteiger charge is -2.20. The number of unbranched alkanes of at least 4 members (excludes halogenated alkanes) is 1. The van der Waals surface area contributed by atoms with Crippen LogP contribution in [-0.4, -0.2) is 6.54 Å². The summed E-state index contributed by atoms with van der Waals surface area (Å²) in [5, 5.41) is 3.32. The molecule has 0 radical (unpaired) electrons. The van der Waals surface area contributed by atoms with Crippen molar-refractivity contribution < 1.29 is 8.78 Å². The molecule has 0 aliphatic carbocycles. The maximum atomic E-state index is 13.6. The quantitative estimate of drug-likeness (QED) is 0.712. The summed E-state index contributed by atoms with van der Waals surface area (Å²) in [6.07, 6.45) is 4.73. The van der Waals surface area contributed by atoms with Crippen LogP contribution in [0.5, 0.6) is 0 Å². The smallest absolute Gasteiger partial charge is 0.128 e. The molecule has 0 aliphatic rings. The van der Waals surface area contributed by atoms with Crippen LogP contribution < -0.4 is 5.32 Å². The summed E-state index contributed by atoms with van der Waals surface area (Å²) in [5.41, 5.74) is 0.408. The summed E-state index contributed by atoms with van der Waals surface area (Å²) >= 11 is 0. The van der Waals surface area contributed by atoms with E-state index in [9.17, 15) is 8.78 Å². The summed E-state index contributed by atoms with van der Waals surface area (Å²) in [4.78, 5) is 0. The van der Waals surface area contributed by atoms with E-state index in [4.69, 9.17) is 0 Å². The molecule has 0 spiro atoms. The van der Waals surface area contributed by atoms with Crippen molar-refractivity contribution in [1.29, 1.82) is 0 Å². The Bertz CT molecular complexity index is 379. The van der Waals surface area contributed by atoms with E-state index in [1.165, 1.54) is 31.4 Å². The highest BCUT2D eigenvalue weighted by atomic mass is 19.1. The minimum atomic E-state index is -0.386.